The Morgan fingerprint density at radius 2 is 1.84 bits per heavy atom. The molecule has 132 valence electrons. The lowest BCUT2D eigenvalue weighted by Crippen LogP contribution is -2.14. The van der Waals surface area contributed by atoms with Crippen molar-refractivity contribution in [2.75, 3.05) is 19.0 Å². The molecule has 1 atom stereocenters. The molecule has 0 aliphatic carbocycles. The van der Waals surface area contributed by atoms with Crippen LogP contribution in [0.3, 0.4) is 0 Å². The van der Waals surface area contributed by atoms with Gasteiger partial charge in [-0.15, -0.1) is 0 Å². The van der Waals surface area contributed by atoms with E-state index in [1.165, 1.54) is 0 Å². The predicted molar refractivity (Wildman–Crippen MR) is 94.2 cm³/mol. The maximum absolute atomic E-state index is 12.2. The highest BCUT2D eigenvalue weighted by atomic mass is 16.5. The third-order valence-electron chi connectivity index (χ3n) is 3.65. The summed E-state index contributed by atoms with van der Waals surface area (Å²) in [5.41, 5.74) is 1.66. The fraction of sp³-hybridized carbons (Fsp3) is 0.263. The standard InChI is InChI=1S/C19H21NO5/c1-13(14-4-3-5-17(11-14)24-2)10-18(21)20-15-6-8-16(9-7-15)25-12-19(22)23/h3-9,11,13H,10,12H2,1-2H3,(H,20,21)(H,22,23). The number of carbonyl (C=O) groups excluding carboxylic acids is 1. The summed E-state index contributed by atoms with van der Waals surface area (Å²) in [5, 5.41) is 11.4. The number of nitrogens with one attached hydrogen (secondary N) is 1. The topological polar surface area (TPSA) is 84.9 Å². The van der Waals surface area contributed by atoms with Gasteiger partial charge >= 0.3 is 5.97 Å². The zero-order chi connectivity index (χ0) is 18.2. The van der Waals surface area contributed by atoms with Crippen LogP contribution in [-0.2, 0) is 9.59 Å². The van der Waals surface area contributed by atoms with Crippen LogP contribution in [0.5, 0.6) is 11.5 Å². The molecule has 0 saturated heterocycles. The summed E-state index contributed by atoms with van der Waals surface area (Å²) in [6, 6.07) is 14.2. The van der Waals surface area contributed by atoms with Gasteiger partial charge < -0.3 is 19.9 Å². The Labute approximate surface area is 146 Å². The minimum atomic E-state index is -1.04. The monoisotopic (exact) mass is 343 g/mol. The highest BCUT2D eigenvalue weighted by Gasteiger charge is 2.12. The Bertz CT molecular complexity index is 727. The summed E-state index contributed by atoms with van der Waals surface area (Å²) < 4.78 is 10.2. The van der Waals surface area contributed by atoms with Gasteiger partial charge in [0.1, 0.15) is 11.5 Å². The summed E-state index contributed by atoms with van der Waals surface area (Å²) in [6.45, 7) is 1.58. The molecule has 6 nitrogen and oxygen atoms in total. The molecule has 2 aromatic rings. The molecule has 25 heavy (non-hydrogen) atoms. The normalized spacial score (nSPS) is 11.4. The van der Waals surface area contributed by atoms with E-state index in [1.807, 2.05) is 31.2 Å². The molecule has 2 rings (SSSR count). The van der Waals surface area contributed by atoms with E-state index in [1.54, 1.807) is 31.4 Å². The maximum atomic E-state index is 12.2. The van der Waals surface area contributed by atoms with Crippen LogP contribution in [0.4, 0.5) is 5.69 Å². The Hall–Kier alpha value is -3.02. The van der Waals surface area contributed by atoms with Crippen LogP contribution in [0.25, 0.3) is 0 Å². The fourth-order valence-corrected chi connectivity index (χ4v) is 2.34. The van der Waals surface area contributed by atoms with Crippen LogP contribution in [0.1, 0.15) is 24.8 Å². The molecule has 0 spiro atoms. The molecule has 2 N–H and O–H groups in total. The molecule has 2 aromatic carbocycles. The predicted octanol–water partition coefficient (Wildman–Crippen LogP) is 3.29. The lowest BCUT2D eigenvalue weighted by atomic mass is 9.97. The van der Waals surface area contributed by atoms with Gasteiger partial charge in [-0.2, -0.15) is 0 Å². The second-order valence-electron chi connectivity index (χ2n) is 5.64. The summed E-state index contributed by atoms with van der Waals surface area (Å²) in [7, 11) is 1.61. The second kappa shape index (κ2) is 8.73. The Kier molecular flexibility index (Phi) is 6.39. The summed E-state index contributed by atoms with van der Waals surface area (Å²) in [4.78, 5) is 22.7. The molecule has 0 aliphatic rings. The van der Waals surface area contributed by atoms with Gasteiger partial charge in [0.15, 0.2) is 6.61 Å². The molecular formula is C19H21NO5. The van der Waals surface area contributed by atoms with Gasteiger partial charge in [-0.05, 0) is 47.9 Å². The third kappa shape index (κ3) is 5.84. The van der Waals surface area contributed by atoms with Crippen molar-refractivity contribution in [3.63, 3.8) is 0 Å². The molecule has 0 saturated carbocycles. The smallest absolute Gasteiger partial charge is 0.341 e. The van der Waals surface area contributed by atoms with E-state index in [4.69, 9.17) is 14.6 Å². The van der Waals surface area contributed by atoms with Crippen LogP contribution >= 0.6 is 0 Å². The van der Waals surface area contributed by atoms with E-state index in [9.17, 15) is 9.59 Å². The molecule has 0 aromatic heterocycles. The van der Waals surface area contributed by atoms with Gasteiger partial charge in [-0.1, -0.05) is 19.1 Å². The summed E-state index contributed by atoms with van der Waals surface area (Å²) >= 11 is 0. The fourth-order valence-electron chi connectivity index (χ4n) is 2.34. The van der Waals surface area contributed by atoms with E-state index in [-0.39, 0.29) is 11.8 Å². The van der Waals surface area contributed by atoms with Crippen molar-refractivity contribution < 1.29 is 24.2 Å². The number of amides is 1. The number of methoxy groups -OCH3 is 1. The van der Waals surface area contributed by atoms with Crippen LogP contribution in [0.15, 0.2) is 48.5 Å². The number of hydrogen-bond acceptors (Lipinski definition) is 4. The molecular weight excluding hydrogens is 322 g/mol. The Morgan fingerprint density at radius 3 is 2.48 bits per heavy atom. The molecule has 0 fully saturated rings. The van der Waals surface area contributed by atoms with Crippen LogP contribution in [0, 0.1) is 0 Å². The van der Waals surface area contributed by atoms with Crippen LogP contribution in [-0.4, -0.2) is 30.7 Å². The largest absolute Gasteiger partial charge is 0.497 e. The summed E-state index contributed by atoms with van der Waals surface area (Å²) in [6.07, 6.45) is 0.338. The van der Waals surface area contributed by atoms with Crippen molar-refractivity contribution >= 4 is 17.6 Å². The van der Waals surface area contributed by atoms with Crippen molar-refractivity contribution in [3.8, 4) is 11.5 Å². The van der Waals surface area contributed by atoms with Crippen molar-refractivity contribution in [2.45, 2.75) is 19.3 Å². The number of carboxylic acids is 1. The lowest BCUT2D eigenvalue weighted by Gasteiger charge is -2.13. The van der Waals surface area contributed by atoms with E-state index >= 15 is 0 Å². The van der Waals surface area contributed by atoms with Gasteiger partial charge in [-0.25, -0.2) is 4.79 Å². The van der Waals surface area contributed by atoms with E-state index in [0.717, 1.165) is 11.3 Å². The van der Waals surface area contributed by atoms with E-state index < -0.39 is 12.6 Å². The van der Waals surface area contributed by atoms with Crippen molar-refractivity contribution in [3.05, 3.63) is 54.1 Å². The van der Waals surface area contributed by atoms with Gasteiger partial charge in [0.2, 0.25) is 5.91 Å². The highest BCUT2D eigenvalue weighted by molar-refractivity contribution is 5.91. The first-order valence-corrected chi connectivity index (χ1v) is 7.86. The Balaban J connectivity index is 1.89. The van der Waals surface area contributed by atoms with E-state index in [2.05, 4.69) is 5.32 Å². The molecule has 1 unspecified atom stereocenters. The SMILES string of the molecule is COc1cccc(C(C)CC(=O)Nc2ccc(OCC(=O)O)cc2)c1. The second-order valence-corrected chi connectivity index (χ2v) is 5.64. The highest BCUT2D eigenvalue weighted by Crippen LogP contribution is 2.24. The average molecular weight is 343 g/mol. The number of carboxylic acid groups (broad SMARTS) is 1. The number of hydrogen-bond donors (Lipinski definition) is 2. The number of benzene rings is 2. The van der Waals surface area contributed by atoms with E-state index in [0.29, 0.717) is 17.9 Å². The van der Waals surface area contributed by atoms with Gasteiger partial charge in [0.25, 0.3) is 0 Å². The average Bonchev–Trinajstić information content (AvgIpc) is 2.61. The molecule has 6 heteroatoms. The van der Waals surface area contributed by atoms with Crippen molar-refractivity contribution in [1.82, 2.24) is 0 Å². The molecule has 0 bridgehead atoms. The Morgan fingerprint density at radius 1 is 1.12 bits per heavy atom. The number of ether oxygens (including phenoxy) is 2. The quantitative estimate of drug-likeness (QED) is 0.768. The van der Waals surface area contributed by atoms with Gasteiger partial charge in [0, 0.05) is 12.1 Å². The lowest BCUT2D eigenvalue weighted by molar-refractivity contribution is -0.139. The van der Waals surface area contributed by atoms with Crippen LogP contribution in [0.2, 0.25) is 0 Å². The zero-order valence-electron chi connectivity index (χ0n) is 14.2. The third-order valence-corrected chi connectivity index (χ3v) is 3.65. The van der Waals surface area contributed by atoms with Gasteiger partial charge in [-0.3, -0.25) is 4.79 Å². The number of rotatable bonds is 8. The zero-order valence-corrected chi connectivity index (χ0v) is 14.2. The first-order valence-electron chi connectivity index (χ1n) is 7.86. The first-order chi connectivity index (χ1) is 12.0. The molecule has 1 amide bonds. The first kappa shape index (κ1) is 18.3. The minimum absolute atomic E-state index is 0.0493. The molecule has 0 radical (unpaired) electrons. The number of anilines is 1. The number of aliphatic carboxylic acids is 1. The van der Waals surface area contributed by atoms with Crippen LogP contribution < -0.4 is 14.8 Å². The minimum Gasteiger partial charge on any atom is -0.497 e. The van der Waals surface area contributed by atoms with Crippen molar-refractivity contribution in [1.29, 1.82) is 0 Å². The number of carbonyl (C=O) groups is 2. The van der Waals surface area contributed by atoms with Crippen molar-refractivity contribution in [2.24, 2.45) is 0 Å². The molecule has 0 heterocycles. The molecule has 0 aliphatic heterocycles. The summed E-state index contributed by atoms with van der Waals surface area (Å²) in [5.74, 6) is 0.110. The van der Waals surface area contributed by atoms with Gasteiger partial charge in [0.05, 0.1) is 7.11 Å². The maximum Gasteiger partial charge on any atom is 0.341 e.